The number of rotatable bonds is 3. The fourth-order valence-corrected chi connectivity index (χ4v) is 4.08. The molecule has 0 spiro atoms. The first-order valence-corrected chi connectivity index (χ1v) is 10.1. The first kappa shape index (κ1) is 18.1. The Morgan fingerprint density at radius 2 is 1.56 bits per heavy atom. The molecule has 2 aliphatic heterocycles. The zero-order chi connectivity index (χ0) is 18.6. The number of halogens is 1. The number of pyridine rings is 1. The van der Waals surface area contributed by atoms with E-state index in [1.165, 1.54) is 6.42 Å². The molecule has 0 atom stereocenters. The zero-order valence-corrected chi connectivity index (χ0v) is 16.2. The van der Waals surface area contributed by atoms with Crippen LogP contribution in [0.15, 0.2) is 42.7 Å². The number of likely N-dealkylation sites (tertiary alicyclic amines) is 1. The second kappa shape index (κ2) is 8.17. The highest BCUT2D eigenvalue weighted by Crippen LogP contribution is 2.23. The van der Waals surface area contributed by atoms with Gasteiger partial charge in [-0.1, -0.05) is 17.7 Å². The molecule has 0 radical (unpaired) electrons. The number of carbonyl (C=O) groups is 1. The van der Waals surface area contributed by atoms with Crippen molar-refractivity contribution in [2.45, 2.75) is 19.3 Å². The minimum Gasteiger partial charge on any atom is -0.368 e. The van der Waals surface area contributed by atoms with Gasteiger partial charge >= 0.3 is 0 Å². The van der Waals surface area contributed by atoms with Crippen molar-refractivity contribution < 1.29 is 4.79 Å². The molecule has 5 nitrogen and oxygen atoms in total. The highest BCUT2D eigenvalue weighted by molar-refractivity contribution is 6.30. The third-order valence-electron chi connectivity index (χ3n) is 5.43. The smallest absolute Gasteiger partial charge is 0.255 e. The number of carbonyl (C=O) groups excluding carboxylic acids is 1. The Morgan fingerprint density at radius 3 is 2.26 bits per heavy atom. The lowest BCUT2D eigenvalue weighted by atomic mass is 10.1. The molecule has 1 aromatic carbocycles. The van der Waals surface area contributed by atoms with E-state index in [9.17, 15) is 4.79 Å². The molecule has 0 aliphatic carbocycles. The zero-order valence-electron chi connectivity index (χ0n) is 15.5. The summed E-state index contributed by atoms with van der Waals surface area (Å²) in [4.78, 5) is 23.7. The van der Waals surface area contributed by atoms with Crippen LogP contribution < -0.4 is 9.80 Å². The number of amides is 1. The number of hydrogen-bond donors (Lipinski definition) is 0. The summed E-state index contributed by atoms with van der Waals surface area (Å²) in [6.07, 6.45) is 6.98. The summed E-state index contributed by atoms with van der Waals surface area (Å²) < 4.78 is 0. The molecule has 0 unspecified atom stereocenters. The molecule has 0 bridgehead atoms. The lowest BCUT2D eigenvalue weighted by Gasteiger charge is -2.37. The summed E-state index contributed by atoms with van der Waals surface area (Å²) in [5, 5.41) is 0.767. The Hall–Kier alpha value is -2.27. The van der Waals surface area contributed by atoms with Crippen molar-refractivity contribution in [2.75, 3.05) is 49.1 Å². The van der Waals surface area contributed by atoms with Gasteiger partial charge in [0.25, 0.3) is 5.91 Å². The minimum absolute atomic E-state index is 0.113. The van der Waals surface area contributed by atoms with E-state index in [1.807, 2.05) is 35.4 Å². The monoisotopic (exact) mass is 384 g/mol. The molecule has 1 aromatic heterocycles. The van der Waals surface area contributed by atoms with Gasteiger partial charge < -0.3 is 14.7 Å². The molecule has 1 amide bonds. The van der Waals surface area contributed by atoms with Crippen molar-refractivity contribution in [1.82, 2.24) is 9.88 Å². The maximum Gasteiger partial charge on any atom is 0.255 e. The number of piperazine rings is 1. The van der Waals surface area contributed by atoms with Crippen LogP contribution in [0.25, 0.3) is 0 Å². The van der Waals surface area contributed by atoms with E-state index in [0.717, 1.165) is 68.5 Å². The fourth-order valence-electron chi connectivity index (χ4n) is 3.89. The normalized spacial score (nSPS) is 17.9. The van der Waals surface area contributed by atoms with Crippen molar-refractivity contribution in [1.29, 1.82) is 0 Å². The van der Waals surface area contributed by atoms with E-state index < -0.39 is 0 Å². The molecule has 2 aliphatic rings. The topological polar surface area (TPSA) is 39.7 Å². The van der Waals surface area contributed by atoms with Crippen molar-refractivity contribution in [3.05, 3.63) is 53.3 Å². The van der Waals surface area contributed by atoms with Crippen LogP contribution in [0.5, 0.6) is 0 Å². The molecule has 0 saturated carbocycles. The molecule has 4 rings (SSSR count). The van der Waals surface area contributed by atoms with Gasteiger partial charge in [-0.3, -0.25) is 9.78 Å². The van der Waals surface area contributed by atoms with Crippen LogP contribution >= 0.6 is 11.6 Å². The maximum absolute atomic E-state index is 12.8. The van der Waals surface area contributed by atoms with Gasteiger partial charge in [0, 0.05) is 56.2 Å². The summed E-state index contributed by atoms with van der Waals surface area (Å²) in [6, 6.07) is 10.00. The van der Waals surface area contributed by atoms with E-state index in [1.54, 1.807) is 6.20 Å². The number of nitrogens with zero attached hydrogens (tertiary/aromatic N) is 4. The first-order chi connectivity index (χ1) is 13.2. The number of anilines is 2. The molecule has 3 heterocycles. The minimum atomic E-state index is 0.113. The van der Waals surface area contributed by atoms with Gasteiger partial charge in [0.15, 0.2) is 0 Å². The van der Waals surface area contributed by atoms with Gasteiger partial charge in [-0.05, 0) is 43.5 Å². The predicted octanol–water partition coefficient (Wildman–Crippen LogP) is 3.69. The number of hydrogen-bond acceptors (Lipinski definition) is 4. The van der Waals surface area contributed by atoms with Crippen LogP contribution in [0.1, 0.15) is 29.6 Å². The van der Waals surface area contributed by atoms with E-state index in [4.69, 9.17) is 11.6 Å². The molecule has 2 aromatic rings. The second-order valence-electron chi connectivity index (χ2n) is 7.24. The first-order valence-electron chi connectivity index (χ1n) is 9.70. The predicted molar refractivity (Wildman–Crippen MR) is 110 cm³/mol. The molecule has 2 fully saturated rings. The molecule has 27 heavy (non-hydrogen) atoms. The van der Waals surface area contributed by atoms with Crippen molar-refractivity contribution >= 4 is 28.9 Å². The molecule has 6 heteroatoms. The third kappa shape index (κ3) is 4.19. The fraction of sp³-hybridized carbons (Fsp3) is 0.429. The third-order valence-corrected chi connectivity index (χ3v) is 5.67. The van der Waals surface area contributed by atoms with Crippen molar-refractivity contribution in [3.63, 3.8) is 0 Å². The van der Waals surface area contributed by atoms with E-state index in [-0.39, 0.29) is 5.91 Å². The largest absolute Gasteiger partial charge is 0.368 e. The summed E-state index contributed by atoms with van der Waals surface area (Å²) in [5.74, 6) is 0.113. The molecule has 0 N–H and O–H groups in total. The van der Waals surface area contributed by atoms with E-state index >= 15 is 0 Å². The van der Waals surface area contributed by atoms with Crippen LogP contribution in [0.4, 0.5) is 11.4 Å². The molecule has 142 valence electrons. The van der Waals surface area contributed by atoms with Crippen LogP contribution in [0, 0.1) is 0 Å². The van der Waals surface area contributed by atoms with Crippen molar-refractivity contribution in [2.24, 2.45) is 0 Å². The number of piperidine rings is 1. The van der Waals surface area contributed by atoms with Gasteiger partial charge in [0.1, 0.15) is 0 Å². The van der Waals surface area contributed by atoms with Crippen LogP contribution in [-0.2, 0) is 0 Å². The molecule has 2 saturated heterocycles. The van der Waals surface area contributed by atoms with Gasteiger partial charge in [0.05, 0.1) is 17.4 Å². The Bertz CT molecular complexity index is 798. The highest BCUT2D eigenvalue weighted by Gasteiger charge is 2.21. The van der Waals surface area contributed by atoms with Crippen LogP contribution in [-0.4, -0.2) is 55.1 Å². The van der Waals surface area contributed by atoms with Crippen molar-refractivity contribution in [3.8, 4) is 0 Å². The quantitative estimate of drug-likeness (QED) is 0.809. The molecular weight excluding hydrogens is 360 g/mol. The number of benzene rings is 1. The van der Waals surface area contributed by atoms with Gasteiger partial charge in [-0.25, -0.2) is 0 Å². The SMILES string of the molecule is O=C(c1cncc(N2CCN(c3cccc(Cl)c3)CC2)c1)N1CCCCC1. The van der Waals surface area contributed by atoms with Gasteiger partial charge in [-0.15, -0.1) is 0 Å². The second-order valence-corrected chi connectivity index (χ2v) is 7.68. The standard InChI is InChI=1S/C21H25ClN4O/c22-18-5-4-6-19(14-18)24-9-11-25(12-10-24)20-13-17(15-23-16-20)21(27)26-7-2-1-3-8-26/h4-6,13-16H,1-3,7-12H2. The summed E-state index contributed by atoms with van der Waals surface area (Å²) in [6.45, 7) is 5.36. The highest BCUT2D eigenvalue weighted by atomic mass is 35.5. The lowest BCUT2D eigenvalue weighted by Crippen LogP contribution is -2.46. The summed E-state index contributed by atoms with van der Waals surface area (Å²) >= 11 is 6.12. The van der Waals surface area contributed by atoms with Crippen LogP contribution in [0.2, 0.25) is 5.02 Å². The lowest BCUT2D eigenvalue weighted by molar-refractivity contribution is 0.0724. The van der Waals surface area contributed by atoms with Crippen LogP contribution in [0.3, 0.4) is 0 Å². The van der Waals surface area contributed by atoms with Gasteiger partial charge in [0.2, 0.25) is 0 Å². The maximum atomic E-state index is 12.8. The Kier molecular flexibility index (Phi) is 5.48. The average molecular weight is 385 g/mol. The Morgan fingerprint density at radius 1 is 0.852 bits per heavy atom. The molecular formula is C21H25ClN4O. The Balaban J connectivity index is 1.42. The van der Waals surface area contributed by atoms with E-state index in [0.29, 0.717) is 5.56 Å². The average Bonchev–Trinajstić information content (AvgIpc) is 2.74. The summed E-state index contributed by atoms with van der Waals surface area (Å²) in [7, 11) is 0. The summed E-state index contributed by atoms with van der Waals surface area (Å²) in [5.41, 5.74) is 2.89. The van der Waals surface area contributed by atoms with E-state index in [2.05, 4.69) is 20.9 Å². The number of aromatic nitrogens is 1. The van der Waals surface area contributed by atoms with Gasteiger partial charge in [-0.2, -0.15) is 0 Å². The Labute approximate surface area is 165 Å².